The Hall–Kier alpha value is -1.33. The van der Waals surface area contributed by atoms with Crippen LogP contribution in [0.2, 0.25) is 0 Å². The average molecular weight is 320 g/mol. The fourth-order valence-corrected chi connectivity index (χ4v) is 2.88. The highest BCUT2D eigenvalue weighted by atomic mass is 79.9. The lowest BCUT2D eigenvalue weighted by Crippen LogP contribution is -1.99. The predicted molar refractivity (Wildman–Crippen MR) is 78.3 cm³/mol. The third-order valence-electron chi connectivity index (χ3n) is 2.66. The molecule has 0 saturated heterocycles. The second-order valence-electron chi connectivity index (χ2n) is 3.73. The van der Waals surface area contributed by atoms with Crippen molar-refractivity contribution in [2.24, 2.45) is 0 Å². The number of benzene rings is 1. The van der Waals surface area contributed by atoms with Gasteiger partial charge in [-0.3, -0.25) is 4.57 Å². The number of rotatable bonds is 2. The molecule has 0 spiro atoms. The molecule has 0 aliphatic rings. The van der Waals surface area contributed by atoms with E-state index in [2.05, 4.69) is 36.5 Å². The topological polar surface area (TPSA) is 30.7 Å². The van der Waals surface area contributed by atoms with Gasteiger partial charge in [-0.1, -0.05) is 23.9 Å². The SMILES string of the molecule is CSc1nc2ccccc2n1-c1ncccc1Br. The molecule has 2 heterocycles. The van der Waals surface area contributed by atoms with Crippen molar-refractivity contribution < 1.29 is 0 Å². The van der Waals surface area contributed by atoms with Crippen LogP contribution in [-0.4, -0.2) is 20.8 Å². The summed E-state index contributed by atoms with van der Waals surface area (Å²) in [6, 6.07) is 12.0. The van der Waals surface area contributed by atoms with Crippen LogP contribution in [0.3, 0.4) is 0 Å². The molecule has 0 bridgehead atoms. The smallest absolute Gasteiger partial charge is 0.174 e. The van der Waals surface area contributed by atoms with Crippen LogP contribution in [0.15, 0.2) is 52.2 Å². The predicted octanol–water partition coefficient (Wildman–Crippen LogP) is 3.90. The van der Waals surface area contributed by atoms with E-state index in [0.717, 1.165) is 26.5 Å². The molecule has 0 aliphatic carbocycles. The van der Waals surface area contributed by atoms with Crippen molar-refractivity contribution in [3.63, 3.8) is 0 Å². The largest absolute Gasteiger partial charge is 0.270 e. The summed E-state index contributed by atoms with van der Waals surface area (Å²) in [4.78, 5) is 9.06. The molecule has 90 valence electrons. The second-order valence-corrected chi connectivity index (χ2v) is 5.36. The lowest BCUT2D eigenvalue weighted by atomic mass is 10.3. The Morgan fingerprint density at radius 2 is 2.00 bits per heavy atom. The zero-order valence-electron chi connectivity index (χ0n) is 9.67. The van der Waals surface area contributed by atoms with Gasteiger partial charge in [0.25, 0.3) is 0 Å². The summed E-state index contributed by atoms with van der Waals surface area (Å²) in [5.41, 5.74) is 2.06. The van der Waals surface area contributed by atoms with Gasteiger partial charge >= 0.3 is 0 Å². The van der Waals surface area contributed by atoms with Gasteiger partial charge in [0.15, 0.2) is 11.0 Å². The number of hydrogen-bond donors (Lipinski definition) is 0. The first-order valence-corrected chi connectivity index (χ1v) is 7.45. The number of thioether (sulfide) groups is 1. The van der Waals surface area contributed by atoms with Crippen LogP contribution >= 0.6 is 27.7 Å². The summed E-state index contributed by atoms with van der Waals surface area (Å²) < 4.78 is 3.04. The maximum atomic E-state index is 4.61. The Morgan fingerprint density at radius 3 is 2.78 bits per heavy atom. The first-order valence-electron chi connectivity index (χ1n) is 5.43. The minimum atomic E-state index is 0.871. The van der Waals surface area contributed by atoms with Gasteiger partial charge in [-0.05, 0) is 46.5 Å². The summed E-state index contributed by atoms with van der Waals surface area (Å²) in [6.45, 7) is 0. The summed E-state index contributed by atoms with van der Waals surface area (Å²) in [7, 11) is 0. The molecular formula is C13H10BrN3S. The quantitative estimate of drug-likeness (QED) is 0.671. The van der Waals surface area contributed by atoms with Gasteiger partial charge in [0, 0.05) is 6.20 Å². The van der Waals surface area contributed by atoms with Crippen LogP contribution in [0.1, 0.15) is 0 Å². The van der Waals surface area contributed by atoms with E-state index in [0.29, 0.717) is 0 Å². The molecule has 0 fully saturated rings. The third kappa shape index (κ3) is 1.83. The minimum Gasteiger partial charge on any atom is -0.270 e. The number of para-hydroxylation sites is 2. The summed E-state index contributed by atoms with van der Waals surface area (Å²) in [5.74, 6) is 0.871. The Morgan fingerprint density at radius 1 is 1.17 bits per heavy atom. The Labute approximate surface area is 117 Å². The Kier molecular flexibility index (Phi) is 3.09. The maximum Gasteiger partial charge on any atom is 0.174 e. The van der Waals surface area contributed by atoms with E-state index in [4.69, 9.17) is 0 Å². The van der Waals surface area contributed by atoms with Crippen molar-refractivity contribution in [2.75, 3.05) is 6.26 Å². The van der Waals surface area contributed by atoms with E-state index in [9.17, 15) is 0 Å². The lowest BCUT2D eigenvalue weighted by Gasteiger charge is -2.08. The van der Waals surface area contributed by atoms with Crippen LogP contribution in [0.4, 0.5) is 0 Å². The third-order valence-corrected chi connectivity index (χ3v) is 3.92. The molecule has 0 radical (unpaired) electrons. The standard InChI is InChI=1S/C13H10BrN3S/c1-18-13-16-10-6-2-3-7-11(10)17(13)12-9(14)5-4-8-15-12/h2-8H,1H3. The molecular weight excluding hydrogens is 310 g/mol. The minimum absolute atomic E-state index is 0.871. The molecule has 1 aromatic carbocycles. The molecule has 3 aromatic rings. The Bertz CT molecular complexity index is 708. The molecule has 0 N–H and O–H groups in total. The van der Waals surface area contributed by atoms with Gasteiger partial charge < -0.3 is 0 Å². The van der Waals surface area contributed by atoms with E-state index in [1.807, 2.05) is 36.6 Å². The van der Waals surface area contributed by atoms with Gasteiger partial charge in [0.1, 0.15) is 0 Å². The van der Waals surface area contributed by atoms with E-state index in [1.165, 1.54) is 0 Å². The zero-order chi connectivity index (χ0) is 12.5. The highest BCUT2D eigenvalue weighted by Gasteiger charge is 2.13. The van der Waals surface area contributed by atoms with Gasteiger partial charge in [-0.2, -0.15) is 0 Å². The molecule has 0 unspecified atom stereocenters. The molecule has 5 heteroatoms. The molecule has 2 aromatic heterocycles. The number of pyridine rings is 1. The maximum absolute atomic E-state index is 4.61. The van der Waals surface area contributed by atoms with Crippen LogP contribution in [0, 0.1) is 0 Å². The molecule has 0 atom stereocenters. The number of nitrogens with zero attached hydrogens (tertiary/aromatic N) is 3. The number of imidazole rings is 1. The number of fused-ring (bicyclic) bond motifs is 1. The van der Waals surface area contributed by atoms with Crippen LogP contribution in [0.5, 0.6) is 0 Å². The van der Waals surface area contributed by atoms with Gasteiger partial charge in [0.05, 0.1) is 15.5 Å². The summed E-state index contributed by atoms with van der Waals surface area (Å²) in [6.07, 6.45) is 3.81. The Balaban J connectivity index is 2.37. The second kappa shape index (κ2) is 4.74. The lowest BCUT2D eigenvalue weighted by molar-refractivity contribution is 0.883. The molecule has 3 nitrogen and oxygen atoms in total. The number of aromatic nitrogens is 3. The molecule has 0 saturated carbocycles. The first-order chi connectivity index (χ1) is 8.81. The molecule has 3 rings (SSSR count). The monoisotopic (exact) mass is 319 g/mol. The summed E-state index contributed by atoms with van der Waals surface area (Å²) >= 11 is 5.16. The average Bonchev–Trinajstić information content (AvgIpc) is 2.78. The van der Waals surface area contributed by atoms with Crippen molar-refractivity contribution in [2.45, 2.75) is 5.16 Å². The van der Waals surface area contributed by atoms with Crippen molar-refractivity contribution in [3.05, 3.63) is 47.1 Å². The van der Waals surface area contributed by atoms with Crippen LogP contribution in [-0.2, 0) is 0 Å². The first kappa shape index (κ1) is 11.7. The highest BCUT2D eigenvalue weighted by Crippen LogP contribution is 2.28. The van der Waals surface area contributed by atoms with Gasteiger partial charge in [-0.25, -0.2) is 9.97 Å². The van der Waals surface area contributed by atoms with E-state index in [-0.39, 0.29) is 0 Å². The van der Waals surface area contributed by atoms with E-state index >= 15 is 0 Å². The fourth-order valence-electron chi connectivity index (χ4n) is 1.89. The summed E-state index contributed by atoms with van der Waals surface area (Å²) in [5, 5.41) is 0.940. The molecule has 0 aliphatic heterocycles. The van der Waals surface area contributed by atoms with E-state index in [1.54, 1.807) is 18.0 Å². The van der Waals surface area contributed by atoms with Crippen molar-refractivity contribution in [1.29, 1.82) is 0 Å². The van der Waals surface area contributed by atoms with Gasteiger partial charge in [0.2, 0.25) is 0 Å². The normalized spacial score (nSPS) is 11.0. The van der Waals surface area contributed by atoms with E-state index < -0.39 is 0 Å². The van der Waals surface area contributed by atoms with Crippen molar-refractivity contribution in [3.8, 4) is 5.82 Å². The van der Waals surface area contributed by atoms with Gasteiger partial charge in [-0.15, -0.1) is 0 Å². The van der Waals surface area contributed by atoms with Crippen LogP contribution < -0.4 is 0 Å². The number of halogens is 1. The zero-order valence-corrected chi connectivity index (χ0v) is 12.1. The van der Waals surface area contributed by atoms with Crippen molar-refractivity contribution >= 4 is 38.7 Å². The molecule has 0 amide bonds. The molecule has 18 heavy (non-hydrogen) atoms. The highest BCUT2D eigenvalue weighted by molar-refractivity contribution is 9.10. The number of hydrogen-bond acceptors (Lipinski definition) is 3. The van der Waals surface area contributed by atoms with Crippen LogP contribution in [0.25, 0.3) is 16.9 Å². The van der Waals surface area contributed by atoms with Crippen molar-refractivity contribution in [1.82, 2.24) is 14.5 Å². The fraction of sp³-hybridized carbons (Fsp3) is 0.0769.